The van der Waals surface area contributed by atoms with Gasteiger partial charge >= 0.3 is 6.18 Å². The van der Waals surface area contributed by atoms with Crippen LogP contribution in [0, 0.1) is 0 Å². The second kappa shape index (κ2) is 8.35. The van der Waals surface area contributed by atoms with E-state index in [1.165, 1.54) is 17.8 Å². The maximum absolute atomic E-state index is 13.0. The van der Waals surface area contributed by atoms with Crippen LogP contribution in [-0.4, -0.2) is 21.2 Å². The molecule has 0 radical (unpaired) electrons. The van der Waals surface area contributed by atoms with E-state index in [0.717, 1.165) is 23.4 Å². The third-order valence-corrected chi connectivity index (χ3v) is 5.71. The standard InChI is InChI=1S/C18H18F3N3OS2/c1-2-7-24-15-9-12(18(19,20)21)5-6-14(15)23-17(24)27-11-16(25)22-10-13-4-3-8-26-13/h3-6,8-9H,2,7,10-11H2,1H3,(H,22,25). The molecule has 1 aromatic carbocycles. The minimum absolute atomic E-state index is 0.139. The number of halogens is 3. The average molecular weight is 413 g/mol. The van der Waals surface area contributed by atoms with E-state index in [2.05, 4.69) is 10.3 Å². The molecule has 4 nitrogen and oxygen atoms in total. The van der Waals surface area contributed by atoms with Gasteiger partial charge in [0.2, 0.25) is 5.91 Å². The topological polar surface area (TPSA) is 46.9 Å². The van der Waals surface area contributed by atoms with Gasteiger partial charge in [-0.3, -0.25) is 4.79 Å². The smallest absolute Gasteiger partial charge is 0.350 e. The lowest BCUT2D eigenvalue weighted by atomic mass is 10.2. The number of thioether (sulfide) groups is 1. The molecular weight excluding hydrogens is 395 g/mol. The Morgan fingerprint density at radius 2 is 2.15 bits per heavy atom. The van der Waals surface area contributed by atoms with Gasteiger partial charge in [0, 0.05) is 11.4 Å². The summed E-state index contributed by atoms with van der Waals surface area (Å²) in [6.45, 7) is 2.95. The van der Waals surface area contributed by atoms with Crippen LogP contribution in [0.5, 0.6) is 0 Å². The lowest BCUT2D eigenvalue weighted by molar-refractivity contribution is -0.137. The first-order valence-corrected chi connectivity index (χ1v) is 10.2. The molecule has 3 aromatic rings. The zero-order valence-electron chi connectivity index (χ0n) is 14.5. The second-order valence-electron chi connectivity index (χ2n) is 5.89. The predicted molar refractivity (Wildman–Crippen MR) is 102 cm³/mol. The number of amides is 1. The van der Waals surface area contributed by atoms with Crippen LogP contribution in [-0.2, 0) is 24.1 Å². The van der Waals surface area contributed by atoms with E-state index >= 15 is 0 Å². The first kappa shape index (κ1) is 19.8. The van der Waals surface area contributed by atoms with Gasteiger partial charge in [-0.15, -0.1) is 11.3 Å². The quantitative estimate of drug-likeness (QED) is 0.559. The Labute approximate surface area is 162 Å². The fourth-order valence-electron chi connectivity index (χ4n) is 2.61. The molecule has 1 N–H and O–H groups in total. The van der Waals surface area contributed by atoms with Crippen LogP contribution in [0.4, 0.5) is 13.2 Å². The second-order valence-corrected chi connectivity index (χ2v) is 7.87. The molecule has 0 saturated heterocycles. The van der Waals surface area contributed by atoms with Gasteiger partial charge in [0.1, 0.15) is 0 Å². The van der Waals surface area contributed by atoms with E-state index in [4.69, 9.17) is 0 Å². The van der Waals surface area contributed by atoms with E-state index in [-0.39, 0.29) is 11.7 Å². The summed E-state index contributed by atoms with van der Waals surface area (Å²) in [7, 11) is 0. The molecule has 0 spiro atoms. The number of thiophene rings is 1. The molecule has 2 heterocycles. The zero-order chi connectivity index (χ0) is 19.4. The number of aromatic nitrogens is 2. The van der Waals surface area contributed by atoms with Crippen LogP contribution >= 0.6 is 23.1 Å². The molecule has 2 aromatic heterocycles. The van der Waals surface area contributed by atoms with Crippen molar-refractivity contribution in [3.05, 3.63) is 46.2 Å². The first-order valence-electron chi connectivity index (χ1n) is 8.38. The van der Waals surface area contributed by atoms with Gasteiger partial charge in [0.15, 0.2) is 5.16 Å². The van der Waals surface area contributed by atoms with Gasteiger partial charge in [0.05, 0.1) is 28.9 Å². The van der Waals surface area contributed by atoms with Crippen LogP contribution in [0.2, 0.25) is 0 Å². The van der Waals surface area contributed by atoms with Gasteiger partial charge < -0.3 is 9.88 Å². The monoisotopic (exact) mass is 413 g/mol. The van der Waals surface area contributed by atoms with Crippen molar-refractivity contribution in [2.24, 2.45) is 0 Å². The van der Waals surface area contributed by atoms with E-state index in [1.54, 1.807) is 15.9 Å². The fraction of sp³-hybridized carbons (Fsp3) is 0.333. The van der Waals surface area contributed by atoms with E-state index < -0.39 is 11.7 Å². The number of nitrogens with one attached hydrogen (secondary N) is 1. The highest BCUT2D eigenvalue weighted by Gasteiger charge is 2.31. The van der Waals surface area contributed by atoms with Crippen molar-refractivity contribution in [3.8, 4) is 0 Å². The van der Waals surface area contributed by atoms with Gasteiger partial charge in [-0.05, 0) is 36.1 Å². The van der Waals surface area contributed by atoms with Crippen LogP contribution in [0.1, 0.15) is 23.8 Å². The number of hydrogen-bond donors (Lipinski definition) is 1. The highest BCUT2D eigenvalue weighted by atomic mass is 32.2. The zero-order valence-corrected chi connectivity index (χ0v) is 16.2. The molecule has 0 atom stereocenters. The summed E-state index contributed by atoms with van der Waals surface area (Å²) >= 11 is 2.80. The SMILES string of the molecule is CCCn1c(SCC(=O)NCc2cccs2)nc2ccc(C(F)(F)F)cc21. The third kappa shape index (κ3) is 4.84. The Morgan fingerprint density at radius 3 is 2.81 bits per heavy atom. The van der Waals surface area contributed by atoms with Crippen molar-refractivity contribution in [3.63, 3.8) is 0 Å². The molecule has 0 aliphatic carbocycles. The van der Waals surface area contributed by atoms with E-state index in [1.807, 2.05) is 24.4 Å². The van der Waals surface area contributed by atoms with Gasteiger partial charge in [-0.1, -0.05) is 24.8 Å². The molecule has 0 bridgehead atoms. The number of aryl methyl sites for hydroxylation is 1. The average Bonchev–Trinajstić information content (AvgIpc) is 3.25. The number of rotatable bonds is 7. The van der Waals surface area contributed by atoms with Crippen LogP contribution < -0.4 is 5.32 Å². The summed E-state index contributed by atoms with van der Waals surface area (Å²) in [5, 5.41) is 5.33. The van der Waals surface area contributed by atoms with E-state index in [9.17, 15) is 18.0 Å². The summed E-state index contributed by atoms with van der Waals surface area (Å²) in [5.41, 5.74) is 0.239. The molecule has 3 rings (SSSR count). The number of imidazole rings is 1. The molecule has 0 aliphatic rings. The Morgan fingerprint density at radius 1 is 1.33 bits per heavy atom. The highest BCUT2D eigenvalue weighted by molar-refractivity contribution is 7.99. The number of fused-ring (bicyclic) bond motifs is 1. The molecule has 0 aliphatic heterocycles. The molecule has 1 amide bonds. The maximum Gasteiger partial charge on any atom is 0.416 e. The molecular formula is C18H18F3N3OS2. The number of alkyl halides is 3. The minimum Gasteiger partial charge on any atom is -0.350 e. The Hall–Kier alpha value is -2.00. The van der Waals surface area contributed by atoms with E-state index in [0.29, 0.717) is 29.3 Å². The van der Waals surface area contributed by atoms with Crippen LogP contribution in [0.3, 0.4) is 0 Å². The van der Waals surface area contributed by atoms with Crippen molar-refractivity contribution in [2.75, 3.05) is 5.75 Å². The Bertz CT molecular complexity index is 920. The van der Waals surface area contributed by atoms with Crippen molar-refractivity contribution in [2.45, 2.75) is 37.8 Å². The third-order valence-electron chi connectivity index (χ3n) is 3.86. The highest BCUT2D eigenvalue weighted by Crippen LogP contribution is 2.33. The summed E-state index contributed by atoms with van der Waals surface area (Å²) in [6, 6.07) is 7.40. The first-order chi connectivity index (χ1) is 12.9. The molecule has 144 valence electrons. The Balaban J connectivity index is 1.74. The molecule has 0 unspecified atom stereocenters. The van der Waals surface area contributed by atoms with Gasteiger partial charge in [-0.2, -0.15) is 13.2 Å². The summed E-state index contributed by atoms with van der Waals surface area (Å²) in [5.74, 6) is 0.0179. The van der Waals surface area contributed by atoms with Crippen molar-refractivity contribution < 1.29 is 18.0 Å². The molecule has 0 saturated carbocycles. The normalized spacial score (nSPS) is 11.9. The summed E-state index contributed by atoms with van der Waals surface area (Å²) in [6.07, 6.45) is -3.65. The van der Waals surface area contributed by atoms with Gasteiger partial charge in [0.25, 0.3) is 0 Å². The molecule has 9 heteroatoms. The largest absolute Gasteiger partial charge is 0.416 e. The number of carbonyl (C=O) groups is 1. The van der Waals surface area contributed by atoms with Crippen molar-refractivity contribution >= 4 is 40.0 Å². The maximum atomic E-state index is 13.0. The lowest BCUT2D eigenvalue weighted by Gasteiger charge is -2.09. The fourth-order valence-corrected chi connectivity index (χ4v) is 4.12. The molecule has 27 heavy (non-hydrogen) atoms. The number of benzene rings is 1. The van der Waals surface area contributed by atoms with Crippen molar-refractivity contribution in [1.29, 1.82) is 0 Å². The number of carbonyl (C=O) groups excluding carboxylic acids is 1. The minimum atomic E-state index is -4.40. The lowest BCUT2D eigenvalue weighted by Crippen LogP contribution is -2.24. The predicted octanol–water partition coefficient (Wildman–Crippen LogP) is 4.94. The van der Waals surface area contributed by atoms with Gasteiger partial charge in [-0.25, -0.2) is 4.98 Å². The summed E-state index contributed by atoms with van der Waals surface area (Å²) in [4.78, 5) is 17.5. The number of hydrogen-bond acceptors (Lipinski definition) is 4. The van der Waals surface area contributed by atoms with Crippen molar-refractivity contribution in [1.82, 2.24) is 14.9 Å². The number of nitrogens with zero attached hydrogens (tertiary/aromatic N) is 2. The Kier molecular flexibility index (Phi) is 6.11. The summed E-state index contributed by atoms with van der Waals surface area (Å²) < 4.78 is 40.8. The van der Waals surface area contributed by atoms with Crippen LogP contribution in [0.25, 0.3) is 11.0 Å². The van der Waals surface area contributed by atoms with Crippen LogP contribution in [0.15, 0.2) is 40.9 Å². The molecule has 0 fully saturated rings.